The highest BCUT2D eigenvalue weighted by Gasteiger charge is 2.36. The van der Waals surface area contributed by atoms with Crippen LogP contribution in [0.15, 0.2) is 12.4 Å². The van der Waals surface area contributed by atoms with Crippen LogP contribution in [0.5, 0.6) is 0 Å². The number of hydrogen-bond acceptors (Lipinski definition) is 5. The molecule has 1 amide bonds. The van der Waals surface area contributed by atoms with E-state index < -0.39 is 12.5 Å². The Labute approximate surface area is 126 Å². The molecule has 0 spiro atoms. The van der Waals surface area contributed by atoms with Crippen LogP contribution in [0.4, 0.5) is 14.7 Å². The molecule has 0 bridgehead atoms. The van der Waals surface area contributed by atoms with E-state index in [1.807, 2.05) is 4.90 Å². The molecule has 0 aliphatic carbocycles. The number of alkyl halides is 2. The molecule has 1 atom stereocenters. The molecule has 0 saturated carbocycles. The van der Waals surface area contributed by atoms with Crippen molar-refractivity contribution in [3.63, 3.8) is 0 Å². The minimum Gasteiger partial charge on any atom is -0.383 e. The summed E-state index contributed by atoms with van der Waals surface area (Å²) in [6.45, 7) is 1.93. The molecule has 1 aromatic rings. The predicted octanol–water partition coefficient (Wildman–Crippen LogP) is 0.976. The molecule has 2 aliphatic rings. The Balaban J connectivity index is 1.58. The third kappa shape index (κ3) is 2.87. The Bertz CT molecular complexity index is 532. The smallest absolute Gasteiger partial charge is 0.266 e. The zero-order chi connectivity index (χ0) is 15.7. The van der Waals surface area contributed by atoms with Crippen LogP contribution in [0, 0.1) is 0 Å². The van der Waals surface area contributed by atoms with E-state index >= 15 is 0 Å². The fraction of sp³-hybridized carbons (Fsp3) is 0.643. The van der Waals surface area contributed by atoms with Crippen molar-refractivity contribution in [1.29, 1.82) is 0 Å². The molecule has 8 heteroatoms. The van der Waals surface area contributed by atoms with E-state index in [9.17, 15) is 18.7 Å². The van der Waals surface area contributed by atoms with E-state index in [4.69, 9.17) is 0 Å². The number of halogens is 2. The fourth-order valence-electron chi connectivity index (χ4n) is 3.03. The minimum atomic E-state index is -2.56. The molecule has 3 heterocycles. The Morgan fingerprint density at radius 2 is 1.77 bits per heavy atom. The molecule has 120 valence electrons. The van der Waals surface area contributed by atoms with Crippen LogP contribution in [0.1, 0.15) is 31.3 Å². The summed E-state index contributed by atoms with van der Waals surface area (Å²) in [6.07, 6.45) is 0.906. The molecular formula is C14H18F2N4O2. The van der Waals surface area contributed by atoms with Crippen LogP contribution < -0.4 is 4.90 Å². The van der Waals surface area contributed by atoms with Gasteiger partial charge >= 0.3 is 0 Å². The van der Waals surface area contributed by atoms with Gasteiger partial charge in [-0.1, -0.05) is 0 Å². The first-order valence-electron chi connectivity index (χ1n) is 7.40. The Kier molecular flexibility index (Phi) is 4.19. The normalized spacial score (nSPS) is 23.6. The molecular weight excluding hydrogens is 294 g/mol. The topological polar surface area (TPSA) is 69.6 Å². The number of nitrogens with zero attached hydrogens (tertiary/aromatic N) is 4. The van der Waals surface area contributed by atoms with Crippen molar-refractivity contribution < 1.29 is 18.7 Å². The summed E-state index contributed by atoms with van der Waals surface area (Å²) >= 11 is 0. The van der Waals surface area contributed by atoms with Gasteiger partial charge in [0.05, 0.1) is 5.56 Å². The Morgan fingerprint density at radius 3 is 2.27 bits per heavy atom. The van der Waals surface area contributed by atoms with Gasteiger partial charge < -0.3 is 14.9 Å². The predicted molar refractivity (Wildman–Crippen MR) is 74.6 cm³/mol. The number of likely N-dealkylation sites (tertiary alicyclic amines) is 1. The van der Waals surface area contributed by atoms with Gasteiger partial charge in [0.25, 0.3) is 12.3 Å². The molecule has 3 rings (SSSR count). The van der Waals surface area contributed by atoms with Crippen LogP contribution in [0.2, 0.25) is 0 Å². The number of rotatable bonds is 3. The first kappa shape index (κ1) is 15.1. The average molecular weight is 312 g/mol. The lowest BCUT2D eigenvalue weighted by Gasteiger charge is -2.36. The Hall–Kier alpha value is -1.83. The largest absolute Gasteiger partial charge is 0.383 e. The number of carbonyl (C=O) groups is 1. The van der Waals surface area contributed by atoms with Crippen molar-refractivity contribution in [3.8, 4) is 0 Å². The van der Waals surface area contributed by atoms with Gasteiger partial charge in [-0.2, -0.15) is 0 Å². The van der Waals surface area contributed by atoms with Crippen LogP contribution in [-0.2, 0) is 4.79 Å². The maximum atomic E-state index is 12.5. The molecule has 2 aliphatic heterocycles. The van der Waals surface area contributed by atoms with Gasteiger partial charge in [-0.15, -0.1) is 0 Å². The lowest BCUT2D eigenvalue weighted by atomic mass is 10.0. The monoisotopic (exact) mass is 312 g/mol. The Morgan fingerprint density at radius 1 is 1.14 bits per heavy atom. The summed E-state index contributed by atoms with van der Waals surface area (Å²) in [5.41, 5.74) is -0.185. The second-order valence-electron chi connectivity index (χ2n) is 5.67. The lowest BCUT2D eigenvalue weighted by Crippen LogP contribution is -2.46. The zero-order valence-corrected chi connectivity index (χ0v) is 12.0. The molecule has 1 aromatic heterocycles. The zero-order valence-electron chi connectivity index (χ0n) is 12.0. The first-order chi connectivity index (χ1) is 10.6. The quantitative estimate of drug-likeness (QED) is 0.901. The van der Waals surface area contributed by atoms with E-state index in [-0.39, 0.29) is 17.5 Å². The molecule has 6 nitrogen and oxygen atoms in total. The van der Waals surface area contributed by atoms with E-state index in [0.717, 1.165) is 25.2 Å². The molecule has 22 heavy (non-hydrogen) atoms. The van der Waals surface area contributed by atoms with Crippen molar-refractivity contribution in [2.24, 2.45) is 0 Å². The summed E-state index contributed by atoms with van der Waals surface area (Å²) in [5.74, 6) is 0.256. The van der Waals surface area contributed by atoms with Gasteiger partial charge in [0.2, 0.25) is 5.95 Å². The van der Waals surface area contributed by atoms with Crippen molar-refractivity contribution in [2.75, 3.05) is 24.5 Å². The summed E-state index contributed by atoms with van der Waals surface area (Å²) in [6, 6.07) is 0.126. The molecule has 0 radical (unpaired) electrons. The fourth-order valence-corrected chi connectivity index (χ4v) is 3.03. The second kappa shape index (κ2) is 6.12. The number of piperidine rings is 1. The highest BCUT2D eigenvalue weighted by Crippen LogP contribution is 2.24. The minimum absolute atomic E-state index is 0.126. The number of amides is 1. The second-order valence-corrected chi connectivity index (χ2v) is 5.67. The van der Waals surface area contributed by atoms with E-state index in [1.54, 1.807) is 4.90 Å². The molecule has 0 aromatic carbocycles. The standard InChI is InChI=1S/C14H18F2N4O2/c15-12(16)9-7-17-14(18-8-9)19-4-1-10(2-5-19)20-6-3-11(21)13(20)22/h7-8,10-12,21H,1-6H2. The number of aliphatic hydroxyl groups excluding tert-OH is 1. The number of carbonyl (C=O) groups excluding carboxylic acids is 1. The number of hydrogen-bond donors (Lipinski definition) is 1. The molecule has 2 fully saturated rings. The highest BCUT2D eigenvalue weighted by atomic mass is 19.3. The van der Waals surface area contributed by atoms with Crippen LogP contribution >= 0.6 is 0 Å². The van der Waals surface area contributed by atoms with Crippen LogP contribution in [-0.4, -0.2) is 57.7 Å². The van der Waals surface area contributed by atoms with Crippen molar-refractivity contribution in [1.82, 2.24) is 14.9 Å². The van der Waals surface area contributed by atoms with Gasteiger partial charge in [0, 0.05) is 38.1 Å². The third-order valence-electron chi connectivity index (χ3n) is 4.31. The average Bonchev–Trinajstić information content (AvgIpc) is 2.87. The van der Waals surface area contributed by atoms with Crippen LogP contribution in [0.25, 0.3) is 0 Å². The van der Waals surface area contributed by atoms with Gasteiger partial charge in [-0.25, -0.2) is 18.7 Å². The van der Waals surface area contributed by atoms with Gasteiger partial charge in [0.15, 0.2) is 0 Å². The number of aliphatic hydroxyl groups is 1. The maximum absolute atomic E-state index is 12.5. The van der Waals surface area contributed by atoms with E-state index in [1.165, 1.54) is 0 Å². The highest BCUT2D eigenvalue weighted by molar-refractivity contribution is 5.83. The summed E-state index contributed by atoms with van der Waals surface area (Å²) in [4.78, 5) is 23.5. The van der Waals surface area contributed by atoms with E-state index in [0.29, 0.717) is 32.0 Å². The maximum Gasteiger partial charge on any atom is 0.266 e. The SMILES string of the molecule is O=C1C(O)CCN1C1CCN(c2ncc(C(F)F)cn2)CC1. The first-order valence-corrected chi connectivity index (χ1v) is 7.40. The van der Waals surface area contributed by atoms with Crippen molar-refractivity contribution in [2.45, 2.75) is 37.8 Å². The number of anilines is 1. The molecule has 1 unspecified atom stereocenters. The summed E-state index contributed by atoms with van der Waals surface area (Å²) in [5, 5.41) is 9.52. The van der Waals surface area contributed by atoms with Gasteiger partial charge in [0.1, 0.15) is 6.10 Å². The van der Waals surface area contributed by atoms with Crippen molar-refractivity contribution in [3.05, 3.63) is 18.0 Å². The van der Waals surface area contributed by atoms with E-state index in [2.05, 4.69) is 9.97 Å². The van der Waals surface area contributed by atoms with Gasteiger partial charge in [-0.05, 0) is 19.3 Å². The lowest BCUT2D eigenvalue weighted by molar-refractivity contribution is -0.136. The number of aromatic nitrogens is 2. The molecule has 2 saturated heterocycles. The summed E-state index contributed by atoms with van der Waals surface area (Å²) < 4.78 is 25.0. The van der Waals surface area contributed by atoms with Crippen LogP contribution in [0.3, 0.4) is 0 Å². The van der Waals surface area contributed by atoms with Crippen molar-refractivity contribution >= 4 is 11.9 Å². The third-order valence-corrected chi connectivity index (χ3v) is 4.31. The summed E-state index contributed by atoms with van der Waals surface area (Å²) in [7, 11) is 0. The molecule has 1 N–H and O–H groups in total. The van der Waals surface area contributed by atoms with Gasteiger partial charge in [-0.3, -0.25) is 4.79 Å².